The van der Waals surface area contributed by atoms with Gasteiger partial charge in [-0.3, -0.25) is 0 Å². The molecule has 0 saturated carbocycles. The van der Waals surface area contributed by atoms with Crippen molar-refractivity contribution in [3.8, 4) is 0 Å². The van der Waals surface area contributed by atoms with E-state index in [0.29, 0.717) is 5.57 Å². The van der Waals surface area contributed by atoms with Crippen molar-refractivity contribution in [3.05, 3.63) is 23.2 Å². The molecule has 0 aromatic rings. The maximum absolute atomic E-state index is 12.0. The Balaban J connectivity index is 1.91. The molecule has 7 nitrogen and oxygen atoms in total. The predicted octanol–water partition coefficient (Wildman–Crippen LogP) is 0.00680. The Morgan fingerprint density at radius 2 is 1.86 bits per heavy atom. The third-order valence-electron chi connectivity index (χ3n) is 4.80. The van der Waals surface area contributed by atoms with Gasteiger partial charge in [0.2, 0.25) is 0 Å². The van der Waals surface area contributed by atoms with Crippen molar-refractivity contribution >= 4 is 13.1 Å². The number of methoxy groups -OCH3 is 1. The van der Waals surface area contributed by atoms with Crippen molar-refractivity contribution in [1.82, 2.24) is 16.4 Å². The van der Waals surface area contributed by atoms with Crippen molar-refractivity contribution < 1.29 is 18.8 Å². The van der Waals surface area contributed by atoms with Crippen molar-refractivity contribution in [1.29, 1.82) is 0 Å². The van der Waals surface area contributed by atoms with E-state index in [4.69, 9.17) is 14.0 Å². The van der Waals surface area contributed by atoms with E-state index in [2.05, 4.69) is 16.4 Å². The summed E-state index contributed by atoms with van der Waals surface area (Å²) in [5, 5.41) is 0. The van der Waals surface area contributed by atoms with Gasteiger partial charge in [-0.25, -0.2) is 15.6 Å². The number of carbonyl (C=O) groups excluding carboxylic acids is 1. The molecule has 3 rings (SSSR count). The van der Waals surface area contributed by atoms with Gasteiger partial charge >= 0.3 is 13.1 Å². The highest BCUT2D eigenvalue weighted by molar-refractivity contribution is 6.55. The summed E-state index contributed by atoms with van der Waals surface area (Å²) in [6.45, 7) is 8.00. The van der Waals surface area contributed by atoms with Gasteiger partial charge in [-0.05, 0) is 33.2 Å². The number of allylic oxidation sites excluding steroid dienone is 2. The minimum atomic E-state index is -0.506. The van der Waals surface area contributed by atoms with Gasteiger partial charge < -0.3 is 14.0 Å². The maximum atomic E-state index is 12.0. The van der Waals surface area contributed by atoms with Crippen LogP contribution in [0.2, 0.25) is 0 Å². The maximum Gasteiger partial charge on any atom is 0.494 e. The average molecular weight is 307 g/mol. The molecule has 1 aliphatic carbocycles. The van der Waals surface area contributed by atoms with Gasteiger partial charge in [0.25, 0.3) is 0 Å². The third kappa shape index (κ3) is 2.41. The van der Waals surface area contributed by atoms with Crippen LogP contribution in [0.4, 0.5) is 0 Å². The minimum Gasteiger partial charge on any atom is -0.466 e. The third-order valence-corrected chi connectivity index (χ3v) is 4.80. The van der Waals surface area contributed by atoms with E-state index in [1.165, 1.54) is 7.11 Å². The van der Waals surface area contributed by atoms with Crippen molar-refractivity contribution in [2.24, 2.45) is 0 Å². The van der Waals surface area contributed by atoms with Gasteiger partial charge in [0.1, 0.15) is 0 Å². The van der Waals surface area contributed by atoms with Crippen LogP contribution in [0.5, 0.6) is 0 Å². The number of ether oxygens (including phenoxy) is 1. The normalized spacial score (nSPS) is 32.3. The largest absolute Gasteiger partial charge is 0.494 e. The molecule has 2 unspecified atom stereocenters. The Morgan fingerprint density at radius 3 is 2.45 bits per heavy atom. The fourth-order valence-corrected chi connectivity index (χ4v) is 2.74. The Kier molecular flexibility index (Phi) is 3.69. The second-order valence-electron chi connectivity index (χ2n) is 6.76. The van der Waals surface area contributed by atoms with E-state index < -0.39 is 18.3 Å². The molecule has 2 heterocycles. The molecular formula is C14H22BN3O4. The van der Waals surface area contributed by atoms with E-state index in [1.54, 1.807) is 6.08 Å². The SMILES string of the molecule is COC(=O)C1=CC(B2OC(C)(C)C(C)(C)O2)=CC2NNNC12. The van der Waals surface area contributed by atoms with E-state index in [-0.39, 0.29) is 18.1 Å². The lowest BCUT2D eigenvalue weighted by Gasteiger charge is -2.32. The molecule has 3 N–H and O–H groups in total. The summed E-state index contributed by atoms with van der Waals surface area (Å²) in [6, 6.07) is -0.258. The fourth-order valence-electron chi connectivity index (χ4n) is 2.74. The fraction of sp³-hybridized carbons (Fsp3) is 0.643. The molecule has 120 valence electrons. The predicted molar refractivity (Wildman–Crippen MR) is 81.2 cm³/mol. The van der Waals surface area contributed by atoms with Crippen LogP contribution < -0.4 is 16.4 Å². The van der Waals surface area contributed by atoms with Gasteiger partial charge in [0, 0.05) is 0 Å². The molecule has 0 bridgehead atoms. The number of esters is 1. The summed E-state index contributed by atoms with van der Waals surface area (Å²) in [6.07, 6.45) is 3.79. The zero-order valence-electron chi connectivity index (χ0n) is 13.5. The average Bonchev–Trinajstić information content (AvgIpc) is 2.99. The van der Waals surface area contributed by atoms with Crippen LogP contribution in [0.15, 0.2) is 23.2 Å². The number of hydrazine groups is 2. The zero-order valence-corrected chi connectivity index (χ0v) is 13.5. The molecular weight excluding hydrogens is 285 g/mol. The number of fused-ring (bicyclic) bond motifs is 1. The minimum absolute atomic E-state index is 0.0758. The molecule has 2 atom stereocenters. The Hall–Kier alpha value is -1.19. The van der Waals surface area contributed by atoms with Crippen LogP contribution in [0, 0.1) is 0 Å². The molecule has 0 aromatic carbocycles. The van der Waals surface area contributed by atoms with Crippen molar-refractivity contribution in [2.45, 2.75) is 51.0 Å². The molecule has 2 aliphatic heterocycles. The highest BCUT2D eigenvalue weighted by Crippen LogP contribution is 2.39. The van der Waals surface area contributed by atoms with E-state index in [9.17, 15) is 4.79 Å². The van der Waals surface area contributed by atoms with Gasteiger partial charge in [-0.2, -0.15) is 5.53 Å². The van der Waals surface area contributed by atoms with Crippen LogP contribution in [0.1, 0.15) is 27.7 Å². The van der Waals surface area contributed by atoms with E-state index in [0.717, 1.165) is 5.47 Å². The summed E-state index contributed by atoms with van der Waals surface area (Å²) in [7, 11) is 0.869. The summed E-state index contributed by atoms with van der Waals surface area (Å²) in [5.74, 6) is -0.366. The number of rotatable bonds is 2. The van der Waals surface area contributed by atoms with Gasteiger partial charge in [-0.1, -0.05) is 12.2 Å². The molecule has 8 heteroatoms. The molecule has 3 aliphatic rings. The Labute approximate surface area is 130 Å². The monoisotopic (exact) mass is 307 g/mol. The number of hydrogen-bond acceptors (Lipinski definition) is 7. The first-order valence-corrected chi connectivity index (χ1v) is 7.38. The van der Waals surface area contributed by atoms with Crippen LogP contribution in [-0.4, -0.2) is 43.5 Å². The molecule has 22 heavy (non-hydrogen) atoms. The number of carbonyl (C=O) groups is 1. The molecule has 0 aromatic heterocycles. The summed E-state index contributed by atoms with van der Waals surface area (Å²) in [5.41, 5.74) is 9.43. The first kappa shape index (κ1) is 15.7. The van der Waals surface area contributed by atoms with Gasteiger partial charge in [0.15, 0.2) is 0 Å². The lowest BCUT2D eigenvalue weighted by atomic mass is 9.72. The van der Waals surface area contributed by atoms with E-state index >= 15 is 0 Å². The second kappa shape index (κ2) is 5.18. The van der Waals surface area contributed by atoms with Gasteiger partial charge in [0.05, 0.1) is 36.0 Å². The second-order valence-corrected chi connectivity index (χ2v) is 6.76. The smallest absolute Gasteiger partial charge is 0.466 e. The van der Waals surface area contributed by atoms with Crippen molar-refractivity contribution in [2.75, 3.05) is 7.11 Å². The molecule has 0 amide bonds. The van der Waals surface area contributed by atoms with E-state index in [1.807, 2.05) is 33.8 Å². The number of nitrogens with one attached hydrogen (secondary N) is 3. The van der Waals surface area contributed by atoms with Crippen molar-refractivity contribution in [3.63, 3.8) is 0 Å². The first-order chi connectivity index (χ1) is 10.2. The summed E-state index contributed by atoms with van der Waals surface area (Å²) in [4.78, 5) is 12.0. The number of hydrogen-bond donors (Lipinski definition) is 3. The first-order valence-electron chi connectivity index (χ1n) is 7.38. The van der Waals surface area contributed by atoms with Crippen LogP contribution in [-0.2, 0) is 18.8 Å². The lowest BCUT2D eigenvalue weighted by Crippen LogP contribution is -2.41. The van der Waals surface area contributed by atoms with Crippen LogP contribution in [0.3, 0.4) is 0 Å². The van der Waals surface area contributed by atoms with Crippen LogP contribution in [0.25, 0.3) is 0 Å². The molecule has 2 fully saturated rings. The molecule has 0 spiro atoms. The Bertz CT molecular complexity index is 542. The summed E-state index contributed by atoms with van der Waals surface area (Å²) >= 11 is 0. The Morgan fingerprint density at radius 1 is 1.23 bits per heavy atom. The van der Waals surface area contributed by atoms with Gasteiger partial charge in [-0.15, -0.1) is 0 Å². The summed E-state index contributed by atoms with van der Waals surface area (Å²) < 4.78 is 17.0. The molecule has 0 radical (unpaired) electrons. The standard InChI is InChI=1S/C14H22BN3O4/c1-13(2)14(3,4)22-15(21-13)8-6-9(12(19)20-5)11-10(7-8)16-18-17-11/h6-7,10-11,16-18H,1-5H3. The quantitative estimate of drug-likeness (QED) is 0.490. The van der Waals surface area contributed by atoms with Crippen LogP contribution >= 0.6 is 0 Å². The topological polar surface area (TPSA) is 80.9 Å². The highest BCUT2D eigenvalue weighted by Gasteiger charge is 2.53. The molecule has 2 saturated heterocycles. The lowest BCUT2D eigenvalue weighted by molar-refractivity contribution is -0.136. The highest BCUT2D eigenvalue weighted by atomic mass is 16.7. The zero-order chi connectivity index (χ0) is 16.1.